The number of phenols is 1. The molecule has 0 saturated carbocycles. The lowest BCUT2D eigenvalue weighted by molar-refractivity contribution is -0.135. The number of aromatic hydroxyl groups is 1. The Bertz CT molecular complexity index is 1630. The lowest BCUT2D eigenvalue weighted by atomic mass is 9.83. The van der Waals surface area contributed by atoms with Crippen molar-refractivity contribution in [2.75, 3.05) is 7.11 Å². The maximum atomic E-state index is 13.6. The minimum absolute atomic E-state index is 0.0507. The summed E-state index contributed by atoms with van der Waals surface area (Å²) in [6, 6.07) is 8.59. The third kappa shape index (κ3) is 5.62. The number of Topliss-reactive ketones (excluding diaryl/α,β-unsaturated/α-hetero) is 1. The molecule has 9 nitrogen and oxygen atoms in total. The van der Waals surface area contributed by atoms with Crippen molar-refractivity contribution in [2.45, 2.75) is 63.9 Å². The normalized spacial score (nSPS) is 20.0. The van der Waals surface area contributed by atoms with Crippen LogP contribution in [-0.4, -0.2) is 40.6 Å². The summed E-state index contributed by atoms with van der Waals surface area (Å²) >= 11 is 0. The van der Waals surface area contributed by atoms with Gasteiger partial charge in [-0.2, -0.15) is 0 Å². The highest BCUT2D eigenvalue weighted by Gasteiger charge is 2.37. The van der Waals surface area contributed by atoms with Crippen LogP contribution in [0.15, 0.2) is 41.2 Å². The van der Waals surface area contributed by atoms with E-state index in [4.69, 9.17) is 14.2 Å². The van der Waals surface area contributed by atoms with Crippen LogP contribution in [0, 0.1) is 0 Å². The van der Waals surface area contributed by atoms with E-state index >= 15 is 0 Å². The summed E-state index contributed by atoms with van der Waals surface area (Å²) < 4.78 is 18.0. The number of carbonyl (C=O) groups is 3. The van der Waals surface area contributed by atoms with E-state index in [0.29, 0.717) is 60.9 Å². The molecule has 41 heavy (non-hydrogen) atoms. The van der Waals surface area contributed by atoms with Crippen LogP contribution in [0.25, 0.3) is 17.0 Å². The van der Waals surface area contributed by atoms with Crippen LogP contribution in [0.3, 0.4) is 0 Å². The lowest BCUT2D eigenvalue weighted by Gasteiger charge is -2.28. The fourth-order valence-electron chi connectivity index (χ4n) is 5.63. The molecular formula is C32H33NO8. The van der Waals surface area contributed by atoms with E-state index in [0.717, 1.165) is 5.39 Å². The second-order valence-corrected chi connectivity index (χ2v) is 10.7. The monoisotopic (exact) mass is 559 g/mol. The highest BCUT2D eigenvalue weighted by atomic mass is 16.5. The molecule has 214 valence electrons. The molecule has 0 aliphatic carbocycles. The Hall–Kier alpha value is -4.40. The van der Waals surface area contributed by atoms with Gasteiger partial charge in [0.2, 0.25) is 0 Å². The van der Waals surface area contributed by atoms with E-state index in [1.54, 1.807) is 45.4 Å². The molecule has 2 unspecified atom stereocenters. The molecule has 0 amide bonds. The number of carbonyl (C=O) groups excluding carboxylic acids is 3. The fourth-order valence-corrected chi connectivity index (χ4v) is 5.63. The number of rotatable bonds is 2. The van der Waals surface area contributed by atoms with Crippen LogP contribution in [0.1, 0.15) is 84.8 Å². The number of fused-ring (bicyclic) bond motifs is 3. The zero-order valence-electron chi connectivity index (χ0n) is 23.4. The Kier molecular flexibility index (Phi) is 7.97. The first-order valence-electron chi connectivity index (χ1n) is 13.8. The number of methoxy groups -OCH3 is 1. The Morgan fingerprint density at radius 3 is 2.61 bits per heavy atom. The highest BCUT2D eigenvalue weighted by Crippen LogP contribution is 2.47. The summed E-state index contributed by atoms with van der Waals surface area (Å²) in [5, 5.41) is 12.4. The first-order chi connectivity index (χ1) is 19.7. The first kappa shape index (κ1) is 28.1. The number of ether oxygens (including phenoxy) is 3. The zero-order chi connectivity index (χ0) is 29.3. The molecule has 0 radical (unpaired) electrons. The number of hydrogen-bond donors (Lipinski definition) is 1. The second kappa shape index (κ2) is 11.6. The number of ketones is 1. The van der Waals surface area contributed by atoms with Gasteiger partial charge in [0.15, 0.2) is 0 Å². The largest absolute Gasteiger partial charge is 0.507 e. The van der Waals surface area contributed by atoms with Gasteiger partial charge in [-0.15, -0.1) is 0 Å². The molecule has 2 aromatic carbocycles. The lowest BCUT2D eigenvalue weighted by Crippen LogP contribution is -2.29. The second-order valence-electron chi connectivity index (χ2n) is 10.7. The van der Waals surface area contributed by atoms with Gasteiger partial charge in [-0.1, -0.05) is 12.2 Å². The van der Waals surface area contributed by atoms with Crippen molar-refractivity contribution in [3.63, 3.8) is 0 Å². The molecular weight excluding hydrogens is 526 g/mol. The molecule has 3 heterocycles. The van der Waals surface area contributed by atoms with Crippen LogP contribution in [-0.2, 0) is 21.4 Å². The average Bonchev–Trinajstić information content (AvgIpc) is 2.93. The van der Waals surface area contributed by atoms with Crippen molar-refractivity contribution in [1.82, 2.24) is 4.57 Å². The Labute approximate surface area is 237 Å². The Morgan fingerprint density at radius 1 is 1.05 bits per heavy atom. The number of aromatic nitrogens is 1. The number of benzene rings is 2. The quantitative estimate of drug-likeness (QED) is 0.337. The van der Waals surface area contributed by atoms with Crippen LogP contribution in [0.4, 0.5) is 0 Å². The Balaban J connectivity index is 1.66. The molecule has 9 heteroatoms. The molecule has 1 N–H and O–H groups in total. The minimum atomic E-state index is -0.852. The molecule has 2 aliphatic rings. The van der Waals surface area contributed by atoms with Crippen molar-refractivity contribution in [1.29, 1.82) is 0 Å². The van der Waals surface area contributed by atoms with Crippen molar-refractivity contribution >= 4 is 34.7 Å². The van der Waals surface area contributed by atoms with Gasteiger partial charge < -0.3 is 23.9 Å². The molecule has 2 atom stereocenters. The molecule has 3 aromatic rings. The van der Waals surface area contributed by atoms with Crippen LogP contribution >= 0.6 is 0 Å². The number of aryl methyl sites for hydroxylation is 1. The third-order valence-corrected chi connectivity index (χ3v) is 7.82. The number of pyridine rings is 1. The number of esters is 2. The van der Waals surface area contributed by atoms with E-state index in [1.807, 2.05) is 12.1 Å². The Morgan fingerprint density at radius 2 is 1.83 bits per heavy atom. The summed E-state index contributed by atoms with van der Waals surface area (Å²) in [7, 11) is 3.18. The van der Waals surface area contributed by atoms with Crippen LogP contribution in [0.5, 0.6) is 17.2 Å². The number of hydrogen-bond acceptors (Lipinski definition) is 8. The number of cyclic esters (lactones) is 1. The van der Waals surface area contributed by atoms with Gasteiger partial charge in [0.05, 0.1) is 25.2 Å². The van der Waals surface area contributed by atoms with Gasteiger partial charge in [-0.3, -0.25) is 14.4 Å². The van der Waals surface area contributed by atoms with E-state index in [1.165, 1.54) is 10.6 Å². The van der Waals surface area contributed by atoms with Crippen molar-refractivity contribution < 1.29 is 33.7 Å². The minimum Gasteiger partial charge on any atom is -0.507 e. The predicted octanol–water partition coefficient (Wildman–Crippen LogP) is 5.18. The maximum Gasteiger partial charge on any atom is 0.342 e. The topological polar surface area (TPSA) is 121 Å². The number of allylic oxidation sites excluding steroid dienone is 1. The van der Waals surface area contributed by atoms with E-state index in [2.05, 4.69) is 0 Å². The zero-order valence-corrected chi connectivity index (χ0v) is 23.4. The van der Waals surface area contributed by atoms with Crippen molar-refractivity contribution in [3.05, 3.63) is 69.0 Å². The molecule has 0 spiro atoms. The van der Waals surface area contributed by atoms with Gasteiger partial charge in [-0.05, 0) is 67.8 Å². The number of phenolic OH excluding ortho intramolecular Hbond substituents is 1. The average molecular weight is 560 g/mol. The van der Waals surface area contributed by atoms with Gasteiger partial charge >= 0.3 is 11.9 Å². The van der Waals surface area contributed by atoms with E-state index in [-0.39, 0.29) is 40.4 Å². The molecule has 1 aromatic heterocycles. The molecule has 2 aliphatic heterocycles. The smallest absolute Gasteiger partial charge is 0.342 e. The molecule has 0 fully saturated rings. The van der Waals surface area contributed by atoms with Gasteiger partial charge in [0.1, 0.15) is 28.6 Å². The molecule has 0 saturated heterocycles. The van der Waals surface area contributed by atoms with Gasteiger partial charge in [-0.25, -0.2) is 4.79 Å². The summed E-state index contributed by atoms with van der Waals surface area (Å²) in [6.45, 7) is 1.75. The van der Waals surface area contributed by atoms with Gasteiger partial charge in [0, 0.05) is 43.0 Å². The summed E-state index contributed by atoms with van der Waals surface area (Å²) in [6.07, 6.45) is 6.07. The van der Waals surface area contributed by atoms with E-state index in [9.17, 15) is 24.3 Å². The predicted molar refractivity (Wildman–Crippen MR) is 153 cm³/mol. The standard InChI is InChI=1S/C32H33NO8/c1-18-8-7-11-21(34)10-6-4-5-9-20-15-26-29(30(36)28(20)32(38)40-18)23(17-27(35)41-26)24-14-19-12-13-22(39-3)16-25(19)33(2)31(24)37/h5,9,12-16,18,23,36H,4,6-8,10-11,17H2,1-3H3. The summed E-state index contributed by atoms with van der Waals surface area (Å²) in [5.74, 6) is -1.65. The highest BCUT2D eigenvalue weighted by molar-refractivity contribution is 5.99. The van der Waals surface area contributed by atoms with Gasteiger partial charge in [0.25, 0.3) is 5.56 Å². The summed E-state index contributed by atoms with van der Waals surface area (Å²) in [5.41, 5.74) is 1.06. The summed E-state index contributed by atoms with van der Waals surface area (Å²) in [4.78, 5) is 51.9. The third-order valence-electron chi connectivity index (χ3n) is 7.82. The van der Waals surface area contributed by atoms with E-state index < -0.39 is 24.0 Å². The van der Waals surface area contributed by atoms with Crippen LogP contribution < -0.4 is 15.0 Å². The SMILES string of the molecule is COc1ccc2cc(C3CC(=O)Oc4cc5c(c(O)c43)C(=O)OC(C)CCCC(=O)CCCC=C5)c(=O)n(C)c2c1. The number of nitrogens with zero attached hydrogens (tertiary/aromatic N) is 1. The fraction of sp³-hybridized carbons (Fsp3) is 0.375. The molecule has 0 bridgehead atoms. The van der Waals surface area contributed by atoms with Crippen molar-refractivity contribution in [2.24, 2.45) is 7.05 Å². The van der Waals surface area contributed by atoms with Crippen molar-refractivity contribution in [3.8, 4) is 17.2 Å². The maximum absolute atomic E-state index is 13.6. The first-order valence-corrected chi connectivity index (χ1v) is 13.8. The van der Waals surface area contributed by atoms with Crippen LogP contribution in [0.2, 0.25) is 0 Å². The molecule has 5 rings (SSSR count).